The number of halogens is 1. The second-order valence-corrected chi connectivity index (χ2v) is 6.56. The molecule has 24 heavy (non-hydrogen) atoms. The predicted molar refractivity (Wildman–Crippen MR) is 98.9 cm³/mol. The monoisotopic (exact) mass is 439 g/mol. The van der Waals surface area contributed by atoms with Crippen molar-refractivity contribution in [2.24, 2.45) is 0 Å². The first-order chi connectivity index (χ1) is 11.6. The molecular weight excluding hydrogens is 421 g/mol. The first-order valence-electron chi connectivity index (χ1n) is 7.62. The van der Waals surface area contributed by atoms with Gasteiger partial charge >= 0.3 is 0 Å². The number of rotatable bonds is 2. The van der Waals surface area contributed by atoms with Gasteiger partial charge in [0.25, 0.3) is 0 Å². The Hall–Kier alpha value is -1.93. The Balaban J connectivity index is 1.59. The van der Waals surface area contributed by atoms with Crippen molar-refractivity contribution < 1.29 is 4.79 Å². The van der Waals surface area contributed by atoms with Gasteiger partial charge in [-0.2, -0.15) is 5.10 Å². The predicted octanol–water partition coefficient (Wildman–Crippen LogP) is 0.181. The molecule has 0 unspecified atom stereocenters. The van der Waals surface area contributed by atoms with Crippen molar-refractivity contribution in [1.82, 2.24) is 29.5 Å². The highest BCUT2D eigenvalue weighted by Gasteiger charge is 2.17. The lowest BCUT2D eigenvalue weighted by molar-refractivity contribution is -0.130. The maximum absolute atomic E-state index is 11.3. The summed E-state index contributed by atoms with van der Waals surface area (Å²) in [5.74, 6) is 6.88. The van der Waals surface area contributed by atoms with E-state index in [9.17, 15) is 4.79 Å². The Morgan fingerprint density at radius 1 is 1.25 bits per heavy atom. The molecule has 0 atom stereocenters. The number of aromatic nitrogens is 4. The summed E-state index contributed by atoms with van der Waals surface area (Å²) < 4.78 is 2.53. The summed E-state index contributed by atoms with van der Waals surface area (Å²) in [6, 6.07) is 0. The fraction of sp³-hybridized carbons (Fsp3) is 0.467. The normalized spacial score (nSPS) is 15.3. The Labute approximate surface area is 153 Å². The molecule has 3 rings (SSSR count). The molecule has 1 fully saturated rings. The van der Waals surface area contributed by atoms with Crippen molar-refractivity contribution in [3.05, 3.63) is 10.0 Å². The number of nitrogens with two attached hydrogens (primary N) is 1. The van der Waals surface area contributed by atoms with Gasteiger partial charge < -0.3 is 10.6 Å². The Morgan fingerprint density at radius 2 is 1.96 bits per heavy atom. The average molecular weight is 439 g/mol. The minimum atomic E-state index is 0.141. The SMILES string of the molecule is CC(=O)N1CCN(CC#CCn2nc(I)c3c(N)ncnc32)CC1. The molecule has 1 aliphatic heterocycles. The van der Waals surface area contributed by atoms with Crippen LogP contribution in [0.3, 0.4) is 0 Å². The number of carbonyl (C=O) groups excluding carboxylic acids is 1. The molecule has 3 heterocycles. The van der Waals surface area contributed by atoms with Crippen LogP contribution in [0.15, 0.2) is 6.33 Å². The number of anilines is 1. The van der Waals surface area contributed by atoms with E-state index in [1.54, 1.807) is 11.6 Å². The highest BCUT2D eigenvalue weighted by molar-refractivity contribution is 14.1. The molecule has 2 aromatic heterocycles. The zero-order chi connectivity index (χ0) is 17.1. The molecule has 1 saturated heterocycles. The zero-order valence-corrected chi connectivity index (χ0v) is 15.5. The van der Waals surface area contributed by atoms with Crippen LogP contribution in [0, 0.1) is 15.5 Å². The van der Waals surface area contributed by atoms with E-state index in [0.29, 0.717) is 24.6 Å². The number of hydrogen-bond acceptors (Lipinski definition) is 6. The molecule has 126 valence electrons. The molecule has 2 N–H and O–H groups in total. The standard InChI is InChI=1S/C15H18IN7O/c1-11(24)22-8-6-21(7-9-22)4-2-3-5-23-15-12(13(16)20-23)14(17)18-10-19-15/h10H,4-9H2,1H3,(H2,17,18,19). The summed E-state index contributed by atoms with van der Waals surface area (Å²) >= 11 is 2.13. The van der Waals surface area contributed by atoms with Gasteiger partial charge in [0.2, 0.25) is 5.91 Å². The third-order valence-corrected chi connectivity index (χ3v) is 4.75. The van der Waals surface area contributed by atoms with Crippen LogP contribution in [0.2, 0.25) is 0 Å². The lowest BCUT2D eigenvalue weighted by Gasteiger charge is -2.32. The van der Waals surface area contributed by atoms with Gasteiger partial charge in [0, 0.05) is 33.1 Å². The Kier molecular flexibility index (Phi) is 5.15. The first kappa shape index (κ1) is 16.9. The van der Waals surface area contributed by atoms with Gasteiger partial charge in [-0.25, -0.2) is 14.6 Å². The molecule has 0 aromatic carbocycles. The molecule has 1 aliphatic rings. The van der Waals surface area contributed by atoms with Crippen LogP contribution in [0.5, 0.6) is 0 Å². The summed E-state index contributed by atoms with van der Waals surface area (Å²) in [6.45, 7) is 6.04. The summed E-state index contributed by atoms with van der Waals surface area (Å²) in [5, 5.41) is 5.20. The Bertz CT molecular complexity index is 814. The number of piperazine rings is 1. The molecule has 0 saturated carbocycles. The van der Waals surface area contributed by atoms with E-state index >= 15 is 0 Å². The summed E-state index contributed by atoms with van der Waals surface area (Å²) in [5.41, 5.74) is 6.58. The highest BCUT2D eigenvalue weighted by Crippen LogP contribution is 2.22. The van der Waals surface area contributed by atoms with Gasteiger partial charge in [0.1, 0.15) is 22.4 Å². The molecule has 1 amide bonds. The lowest BCUT2D eigenvalue weighted by atomic mass is 10.3. The van der Waals surface area contributed by atoms with Gasteiger partial charge in [-0.15, -0.1) is 0 Å². The largest absolute Gasteiger partial charge is 0.383 e. The Morgan fingerprint density at radius 3 is 2.67 bits per heavy atom. The maximum Gasteiger partial charge on any atom is 0.219 e. The van der Waals surface area contributed by atoms with E-state index in [4.69, 9.17) is 5.73 Å². The van der Waals surface area contributed by atoms with Gasteiger partial charge in [0.05, 0.1) is 11.9 Å². The zero-order valence-electron chi connectivity index (χ0n) is 13.4. The second-order valence-electron chi connectivity index (χ2n) is 5.54. The smallest absolute Gasteiger partial charge is 0.219 e. The van der Waals surface area contributed by atoms with E-state index in [2.05, 4.69) is 54.4 Å². The van der Waals surface area contributed by atoms with E-state index in [0.717, 1.165) is 35.3 Å². The van der Waals surface area contributed by atoms with Crippen LogP contribution in [0.4, 0.5) is 5.82 Å². The van der Waals surface area contributed by atoms with E-state index < -0.39 is 0 Å². The van der Waals surface area contributed by atoms with Gasteiger partial charge in [-0.05, 0) is 22.6 Å². The van der Waals surface area contributed by atoms with Crippen molar-refractivity contribution in [2.45, 2.75) is 13.5 Å². The van der Waals surface area contributed by atoms with Crippen LogP contribution in [-0.2, 0) is 11.3 Å². The van der Waals surface area contributed by atoms with Gasteiger partial charge in [0.15, 0.2) is 5.65 Å². The van der Waals surface area contributed by atoms with Crippen molar-refractivity contribution in [2.75, 3.05) is 38.5 Å². The number of fused-ring (bicyclic) bond motifs is 1. The topological polar surface area (TPSA) is 93.2 Å². The van der Waals surface area contributed by atoms with Gasteiger partial charge in [-0.3, -0.25) is 9.69 Å². The quantitative estimate of drug-likeness (QED) is 0.530. The third kappa shape index (κ3) is 3.59. The summed E-state index contributed by atoms with van der Waals surface area (Å²) in [4.78, 5) is 23.7. The lowest BCUT2D eigenvalue weighted by Crippen LogP contribution is -2.47. The van der Waals surface area contributed by atoms with Crippen LogP contribution in [0.1, 0.15) is 6.92 Å². The molecule has 0 radical (unpaired) electrons. The molecule has 0 bridgehead atoms. The third-order valence-electron chi connectivity index (χ3n) is 3.99. The molecular formula is C15H18IN7O. The van der Waals surface area contributed by atoms with Crippen LogP contribution < -0.4 is 5.73 Å². The minimum Gasteiger partial charge on any atom is -0.383 e. The summed E-state index contributed by atoms with van der Waals surface area (Å²) in [6.07, 6.45) is 1.44. The number of carbonyl (C=O) groups is 1. The number of nitrogen functional groups attached to an aromatic ring is 1. The van der Waals surface area contributed by atoms with Crippen LogP contribution in [0.25, 0.3) is 11.0 Å². The first-order valence-corrected chi connectivity index (χ1v) is 8.70. The van der Waals surface area contributed by atoms with E-state index in [1.165, 1.54) is 6.33 Å². The molecule has 8 nitrogen and oxygen atoms in total. The minimum absolute atomic E-state index is 0.141. The van der Waals surface area contributed by atoms with E-state index in [-0.39, 0.29) is 5.91 Å². The second kappa shape index (κ2) is 7.31. The molecule has 0 spiro atoms. The van der Waals surface area contributed by atoms with Gasteiger partial charge in [-0.1, -0.05) is 11.8 Å². The number of amides is 1. The average Bonchev–Trinajstić information content (AvgIpc) is 2.89. The molecule has 9 heteroatoms. The van der Waals surface area contributed by atoms with Crippen molar-refractivity contribution in [3.8, 4) is 11.8 Å². The fourth-order valence-electron chi connectivity index (χ4n) is 2.62. The highest BCUT2D eigenvalue weighted by atomic mass is 127. The molecule has 0 aliphatic carbocycles. The van der Waals surface area contributed by atoms with Crippen molar-refractivity contribution >= 4 is 45.3 Å². The summed E-state index contributed by atoms with van der Waals surface area (Å²) in [7, 11) is 0. The number of nitrogens with zero attached hydrogens (tertiary/aromatic N) is 6. The van der Waals surface area contributed by atoms with Crippen molar-refractivity contribution in [3.63, 3.8) is 0 Å². The van der Waals surface area contributed by atoms with Crippen LogP contribution in [-0.4, -0.2) is 68.2 Å². The van der Waals surface area contributed by atoms with Crippen molar-refractivity contribution in [1.29, 1.82) is 0 Å². The molecule has 2 aromatic rings. The fourth-order valence-corrected chi connectivity index (χ4v) is 3.39. The maximum atomic E-state index is 11.3. The number of hydrogen-bond donors (Lipinski definition) is 1. The van der Waals surface area contributed by atoms with Crippen LogP contribution >= 0.6 is 22.6 Å². The van der Waals surface area contributed by atoms with E-state index in [1.807, 2.05) is 4.90 Å².